The fourth-order valence-corrected chi connectivity index (χ4v) is 2.71. The van der Waals surface area contributed by atoms with Crippen LogP contribution in [0.2, 0.25) is 0 Å². The Morgan fingerprint density at radius 3 is 2.89 bits per heavy atom. The van der Waals surface area contributed by atoms with Crippen LogP contribution < -0.4 is 16.3 Å². The number of hydrogen-bond acceptors (Lipinski definition) is 7. The summed E-state index contributed by atoms with van der Waals surface area (Å²) < 4.78 is 26.9. The Morgan fingerprint density at radius 1 is 1.42 bits per heavy atom. The van der Waals surface area contributed by atoms with E-state index in [9.17, 15) is 13.2 Å². The molecule has 0 fully saturated rings. The van der Waals surface area contributed by atoms with Crippen LogP contribution in [0.15, 0.2) is 33.6 Å². The van der Waals surface area contributed by atoms with Crippen LogP contribution in [0.25, 0.3) is 0 Å². The van der Waals surface area contributed by atoms with Crippen LogP contribution in [-0.4, -0.2) is 27.3 Å². The third kappa shape index (κ3) is 2.89. The van der Waals surface area contributed by atoms with Crippen LogP contribution in [-0.2, 0) is 19.7 Å². The summed E-state index contributed by atoms with van der Waals surface area (Å²) in [6.07, 6.45) is 1.21. The van der Waals surface area contributed by atoms with Gasteiger partial charge in [-0.25, -0.2) is 5.84 Å². The van der Waals surface area contributed by atoms with E-state index in [1.165, 1.54) is 12.4 Å². The first-order valence-corrected chi connectivity index (χ1v) is 6.80. The monoisotopic (exact) mass is 284 g/mol. The summed E-state index contributed by atoms with van der Waals surface area (Å²) in [5, 5.41) is 0. The number of anilines is 1. The van der Waals surface area contributed by atoms with Gasteiger partial charge in [-0.05, 0) is 12.1 Å². The molecule has 8 nitrogen and oxygen atoms in total. The van der Waals surface area contributed by atoms with E-state index in [-0.39, 0.29) is 17.9 Å². The molecule has 0 amide bonds. The number of benzene rings is 1. The number of para-hydroxylation sites is 1. The van der Waals surface area contributed by atoms with Crippen molar-refractivity contribution in [2.45, 2.75) is 11.3 Å². The summed E-state index contributed by atoms with van der Waals surface area (Å²) in [7, 11) is -3.64. The quantitative estimate of drug-likeness (QED) is 0.567. The van der Waals surface area contributed by atoms with Gasteiger partial charge in [0, 0.05) is 6.54 Å². The van der Waals surface area contributed by atoms with Crippen molar-refractivity contribution in [1.82, 2.24) is 5.59 Å². The van der Waals surface area contributed by atoms with E-state index in [1.807, 2.05) is 0 Å². The highest BCUT2D eigenvalue weighted by molar-refractivity contribution is 7.90. The Hall–Kier alpha value is -1.97. The van der Waals surface area contributed by atoms with Crippen molar-refractivity contribution in [3.05, 3.63) is 24.3 Å². The number of fused-ring (bicyclic) bond motifs is 1. The molecule has 1 aromatic carbocycles. The van der Waals surface area contributed by atoms with E-state index in [0.717, 1.165) is 0 Å². The fourth-order valence-electron chi connectivity index (χ4n) is 1.66. The van der Waals surface area contributed by atoms with Crippen LogP contribution in [0.1, 0.15) is 6.42 Å². The maximum absolute atomic E-state index is 11.7. The van der Waals surface area contributed by atoms with Crippen LogP contribution in [0.4, 0.5) is 5.69 Å². The molecule has 1 heterocycles. The Bertz CT molecular complexity index is 614. The van der Waals surface area contributed by atoms with Gasteiger partial charge in [0.05, 0.1) is 12.1 Å². The highest BCUT2D eigenvalue weighted by Crippen LogP contribution is 2.29. The lowest BCUT2D eigenvalue weighted by atomic mass is 10.3. The smallest absolute Gasteiger partial charge is 0.328 e. The molecule has 0 spiro atoms. The molecular formula is C10H12N4O4S. The Balaban J connectivity index is 2.18. The first-order valence-electron chi connectivity index (χ1n) is 5.36. The molecule has 19 heavy (non-hydrogen) atoms. The number of carbonyl (C=O) groups is 1. The topological polar surface area (TPSA) is 114 Å². The van der Waals surface area contributed by atoms with Gasteiger partial charge in [-0.3, -0.25) is 4.79 Å². The first kappa shape index (κ1) is 13.5. The van der Waals surface area contributed by atoms with Crippen LogP contribution in [0.5, 0.6) is 0 Å². The number of nitrogens with two attached hydrogens (primary N) is 1. The number of hydrogen-bond donors (Lipinski definition) is 2. The Morgan fingerprint density at radius 2 is 2.16 bits per heavy atom. The van der Waals surface area contributed by atoms with Gasteiger partial charge in [-0.15, -0.1) is 4.40 Å². The molecule has 0 radical (unpaired) electrons. The van der Waals surface area contributed by atoms with E-state index < -0.39 is 16.0 Å². The van der Waals surface area contributed by atoms with Gasteiger partial charge in [0.1, 0.15) is 11.2 Å². The highest BCUT2D eigenvalue weighted by Gasteiger charge is 2.24. The predicted molar refractivity (Wildman–Crippen MR) is 67.5 cm³/mol. The molecule has 9 heteroatoms. The van der Waals surface area contributed by atoms with Crippen molar-refractivity contribution < 1.29 is 18.0 Å². The van der Waals surface area contributed by atoms with Crippen LogP contribution >= 0.6 is 0 Å². The lowest BCUT2D eigenvalue weighted by Crippen LogP contribution is -2.32. The normalized spacial score (nSPS) is 15.9. The molecule has 0 aliphatic carbocycles. The molecule has 0 unspecified atom stereocenters. The Labute approximate surface area is 109 Å². The number of sulfonamides is 1. The van der Waals surface area contributed by atoms with Crippen LogP contribution in [0, 0.1) is 0 Å². The first-order chi connectivity index (χ1) is 9.04. The van der Waals surface area contributed by atoms with Crippen molar-refractivity contribution in [2.24, 2.45) is 10.2 Å². The molecule has 0 aromatic heterocycles. The summed E-state index contributed by atoms with van der Waals surface area (Å²) in [5.41, 5.74) is 2.27. The summed E-state index contributed by atoms with van der Waals surface area (Å²) in [5.74, 6) is 4.28. The summed E-state index contributed by atoms with van der Waals surface area (Å²) in [6.45, 7) is 0.233. The molecule has 1 aromatic rings. The minimum Gasteiger partial charge on any atom is -0.356 e. The second-order valence-electron chi connectivity index (χ2n) is 3.70. The average molecular weight is 284 g/mol. The highest BCUT2D eigenvalue weighted by atomic mass is 32.2. The second kappa shape index (κ2) is 5.34. The van der Waals surface area contributed by atoms with Crippen molar-refractivity contribution in [3.63, 3.8) is 0 Å². The lowest BCUT2D eigenvalue weighted by Gasteiger charge is -2.24. The maximum Gasteiger partial charge on any atom is 0.328 e. The lowest BCUT2D eigenvalue weighted by molar-refractivity contribution is -0.150. The molecule has 0 saturated carbocycles. The fraction of sp³-hybridized carbons (Fsp3) is 0.200. The zero-order valence-electron chi connectivity index (χ0n) is 9.81. The number of nitrogens with one attached hydrogen (secondary N) is 1. The van der Waals surface area contributed by atoms with E-state index in [4.69, 9.17) is 5.84 Å². The van der Waals surface area contributed by atoms with Gasteiger partial charge in [0.25, 0.3) is 10.0 Å². The summed E-state index contributed by atoms with van der Waals surface area (Å²) >= 11 is 0. The second-order valence-corrected chi connectivity index (χ2v) is 5.30. The molecule has 1 aliphatic heterocycles. The molecule has 0 bridgehead atoms. The van der Waals surface area contributed by atoms with E-state index in [1.54, 1.807) is 28.7 Å². The molecule has 3 N–H and O–H groups in total. The van der Waals surface area contributed by atoms with Crippen molar-refractivity contribution >= 4 is 28.0 Å². The predicted octanol–water partition coefficient (Wildman–Crippen LogP) is -0.465. The number of rotatable bonds is 4. The SMILES string of the molecule is NNOC(=O)CCN1C=NS(=O)(=O)c2ccccc21. The maximum atomic E-state index is 11.7. The third-order valence-corrected chi connectivity index (χ3v) is 3.78. The van der Waals surface area contributed by atoms with E-state index in [0.29, 0.717) is 5.69 Å². The van der Waals surface area contributed by atoms with Gasteiger partial charge in [-0.2, -0.15) is 8.42 Å². The van der Waals surface area contributed by atoms with Gasteiger partial charge in [0.15, 0.2) is 0 Å². The van der Waals surface area contributed by atoms with Gasteiger partial charge in [-0.1, -0.05) is 17.7 Å². The molecule has 1 aliphatic rings. The number of nitrogens with zero attached hydrogens (tertiary/aromatic N) is 2. The average Bonchev–Trinajstić information content (AvgIpc) is 2.38. The number of carbonyl (C=O) groups excluding carboxylic acids is 1. The minimum absolute atomic E-state index is 0.0323. The summed E-state index contributed by atoms with van der Waals surface area (Å²) in [4.78, 5) is 17.2. The minimum atomic E-state index is -3.64. The van der Waals surface area contributed by atoms with Gasteiger partial charge in [0.2, 0.25) is 0 Å². The molecule has 0 saturated heterocycles. The molecule has 0 atom stereocenters. The van der Waals surface area contributed by atoms with E-state index in [2.05, 4.69) is 9.24 Å². The van der Waals surface area contributed by atoms with Crippen LogP contribution in [0.3, 0.4) is 0 Å². The van der Waals surface area contributed by atoms with Crippen molar-refractivity contribution in [3.8, 4) is 0 Å². The third-order valence-electron chi connectivity index (χ3n) is 2.51. The summed E-state index contributed by atoms with van der Waals surface area (Å²) in [6, 6.07) is 6.43. The zero-order valence-corrected chi connectivity index (χ0v) is 10.6. The van der Waals surface area contributed by atoms with Gasteiger partial charge < -0.3 is 9.74 Å². The van der Waals surface area contributed by atoms with Crippen molar-refractivity contribution in [1.29, 1.82) is 0 Å². The standard InChI is InChI=1S/C10H12N4O4S/c11-13-18-10(15)5-6-14-7-12-19(16,17)9-4-2-1-3-8(9)14/h1-4,7,13H,5-6,11H2. The van der Waals surface area contributed by atoms with Gasteiger partial charge >= 0.3 is 5.97 Å². The van der Waals surface area contributed by atoms with Crippen molar-refractivity contribution in [2.75, 3.05) is 11.4 Å². The number of hydrazine groups is 1. The zero-order chi connectivity index (χ0) is 13.9. The molecular weight excluding hydrogens is 272 g/mol. The Kier molecular flexibility index (Phi) is 3.79. The molecule has 102 valence electrons. The largest absolute Gasteiger partial charge is 0.356 e. The molecule has 2 rings (SSSR count). The van der Waals surface area contributed by atoms with E-state index >= 15 is 0 Å².